The van der Waals surface area contributed by atoms with Crippen molar-refractivity contribution < 1.29 is 28.9 Å². The number of benzene rings is 3. The van der Waals surface area contributed by atoms with Gasteiger partial charge in [0.1, 0.15) is 18.0 Å². The van der Waals surface area contributed by atoms with Crippen molar-refractivity contribution in [3.8, 4) is 17.2 Å². The summed E-state index contributed by atoms with van der Waals surface area (Å²) in [5.74, 6) is 1.06. The fourth-order valence-corrected chi connectivity index (χ4v) is 8.53. The summed E-state index contributed by atoms with van der Waals surface area (Å²) >= 11 is 6.07. The van der Waals surface area contributed by atoms with Crippen LogP contribution in [0.25, 0.3) is 10.9 Å². The third-order valence-electron chi connectivity index (χ3n) is 10.5. The number of methoxy groups -OCH3 is 1. The highest BCUT2D eigenvalue weighted by molar-refractivity contribution is 6.30. The summed E-state index contributed by atoms with van der Waals surface area (Å²) < 4.78 is 19.7. The molecule has 2 aliphatic carbocycles. The second-order valence-corrected chi connectivity index (χ2v) is 13.1. The Morgan fingerprint density at radius 3 is 2.69 bits per heavy atom. The molecule has 3 aromatic carbocycles. The lowest BCUT2D eigenvalue weighted by Crippen LogP contribution is -2.64. The molecule has 1 saturated heterocycles. The fraction of sp³-hybridized carbons (Fsp3) is 0.333. The molecule has 1 aromatic heterocycles. The monoisotopic (exact) mass is 624 g/mol. The molecule has 0 unspecified atom stereocenters. The van der Waals surface area contributed by atoms with Crippen molar-refractivity contribution in [3.05, 3.63) is 99.7 Å². The van der Waals surface area contributed by atoms with E-state index in [2.05, 4.69) is 24.1 Å². The number of likely N-dealkylation sites (tertiary alicyclic amines) is 1. The molecule has 0 amide bonds. The molecule has 5 atom stereocenters. The van der Waals surface area contributed by atoms with Crippen molar-refractivity contribution in [1.82, 2.24) is 9.47 Å². The van der Waals surface area contributed by atoms with Gasteiger partial charge < -0.3 is 24.2 Å². The van der Waals surface area contributed by atoms with Crippen LogP contribution in [0.2, 0.25) is 5.02 Å². The Labute approximate surface area is 265 Å². The minimum absolute atomic E-state index is 0.0683. The van der Waals surface area contributed by atoms with Crippen molar-refractivity contribution in [2.24, 2.45) is 5.92 Å². The molecule has 8 rings (SSSR count). The molecule has 230 valence electrons. The zero-order valence-corrected chi connectivity index (χ0v) is 26.0. The van der Waals surface area contributed by atoms with Crippen molar-refractivity contribution in [2.45, 2.75) is 49.9 Å². The normalized spacial score (nSPS) is 26.0. The number of aliphatic hydroxyl groups is 1. The maximum Gasteiger partial charge on any atom is 0.315 e. The summed E-state index contributed by atoms with van der Waals surface area (Å²) in [7, 11) is 3.75. The lowest BCUT2D eigenvalue weighted by atomic mass is 9.53. The van der Waals surface area contributed by atoms with Crippen molar-refractivity contribution in [1.29, 1.82) is 0 Å². The number of halogens is 1. The van der Waals surface area contributed by atoms with E-state index in [-0.39, 0.29) is 23.7 Å². The highest BCUT2D eigenvalue weighted by atomic mass is 35.5. The lowest BCUT2D eigenvalue weighted by molar-refractivity contribution is -0.133. The highest BCUT2D eigenvalue weighted by Crippen LogP contribution is 2.62. The Morgan fingerprint density at radius 2 is 1.91 bits per heavy atom. The molecule has 4 aromatic rings. The molecular formula is C36H33ClN2O6. The molecule has 1 spiro atoms. The van der Waals surface area contributed by atoms with Crippen LogP contribution in [0.4, 0.5) is 0 Å². The summed E-state index contributed by atoms with van der Waals surface area (Å²) in [6.07, 6.45) is 4.52. The molecule has 9 heteroatoms. The Morgan fingerprint density at radius 1 is 1.11 bits per heavy atom. The minimum atomic E-state index is -0.742. The second-order valence-electron chi connectivity index (χ2n) is 12.7. The summed E-state index contributed by atoms with van der Waals surface area (Å²) in [6.45, 7) is 2.74. The van der Waals surface area contributed by atoms with Gasteiger partial charge in [0.05, 0.1) is 19.0 Å². The number of aliphatic hydroxyl groups excluding tert-OH is 1. The number of carbonyl (C=O) groups is 2. The number of fused-ring (bicyclic) bond motifs is 1. The van der Waals surface area contributed by atoms with E-state index in [0.717, 1.165) is 30.3 Å². The molecule has 1 fully saturated rings. The fourth-order valence-electron chi connectivity index (χ4n) is 8.41. The van der Waals surface area contributed by atoms with E-state index in [4.69, 9.17) is 25.8 Å². The van der Waals surface area contributed by atoms with Gasteiger partial charge in [-0.15, -0.1) is 0 Å². The standard InChI is InChI=1S/C36H33ClN2O6/c1-19-24(25-17-23(43-3)9-11-27(25)39(19)35(42)20-4-7-22(37)8-5-20)18-31(41)44-30-13-6-21-16-28-26-10-12-29(40)34-36(26,14-15-38(28)2)32(21)33(30)45-34/h4-13,17,26,28-29,34,40H,14-16,18H2,1-3H3/t26-,28+,29-,34-,36-/m0/s1. The first-order chi connectivity index (χ1) is 21.7. The molecule has 45 heavy (non-hydrogen) atoms. The van der Waals surface area contributed by atoms with Crippen LogP contribution >= 0.6 is 11.6 Å². The number of esters is 1. The van der Waals surface area contributed by atoms with Gasteiger partial charge in [0.25, 0.3) is 5.91 Å². The van der Waals surface area contributed by atoms with E-state index in [1.165, 1.54) is 5.56 Å². The van der Waals surface area contributed by atoms with Crippen LogP contribution in [0.5, 0.6) is 17.2 Å². The van der Waals surface area contributed by atoms with Crippen LogP contribution in [0.15, 0.2) is 66.7 Å². The quantitative estimate of drug-likeness (QED) is 0.184. The van der Waals surface area contributed by atoms with Gasteiger partial charge in [-0.2, -0.15) is 0 Å². The Kier molecular flexibility index (Phi) is 6.43. The number of carbonyl (C=O) groups excluding carboxylic acids is 2. The molecule has 1 N–H and O–H groups in total. The van der Waals surface area contributed by atoms with Crippen LogP contribution in [-0.2, 0) is 23.1 Å². The summed E-state index contributed by atoms with van der Waals surface area (Å²) in [4.78, 5) is 29.9. The van der Waals surface area contributed by atoms with Crippen LogP contribution < -0.4 is 14.2 Å². The van der Waals surface area contributed by atoms with E-state index in [9.17, 15) is 14.7 Å². The Hall–Kier alpha value is -4.11. The Bertz CT molecular complexity index is 1930. The van der Waals surface area contributed by atoms with Gasteiger partial charge in [-0.3, -0.25) is 14.2 Å². The third kappa shape index (κ3) is 4.05. The highest BCUT2D eigenvalue weighted by Gasteiger charge is 2.64. The molecule has 8 nitrogen and oxygen atoms in total. The average molecular weight is 625 g/mol. The summed E-state index contributed by atoms with van der Waals surface area (Å²) in [6, 6.07) is 16.4. The van der Waals surface area contributed by atoms with Gasteiger partial charge in [0.2, 0.25) is 0 Å². The van der Waals surface area contributed by atoms with Gasteiger partial charge in [-0.05, 0) is 93.0 Å². The largest absolute Gasteiger partial charge is 0.497 e. The SMILES string of the molecule is COc1ccc2c(c1)c(CC(=O)Oc1ccc3c4c1O[C@H]1[C@@H](O)C=C[C@H]5[C@@H](C3)N(C)CC[C@@]451)c(C)n2C(=O)c1ccc(Cl)cc1. The second kappa shape index (κ2) is 10.2. The molecule has 2 bridgehead atoms. The number of hydrogen-bond donors (Lipinski definition) is 1. The predicted octanol–water partition coefficient (Wildman–Crippen LogP) is 5.25. The van der Waals surface area contributed by atoms with Crippen LogP contribution in [0, 0.1) is 12.8 Å². The van der Waals surface area contributed by atoms with Gasteiger partial charge in [-0.1, -0.05) is 29.8 Å². The smallest absolute Gasteiger partial charge is 0.315 e. The van der Waals surface area contributed by atoms with Gasteiger partial charge in [0.15, 0.2) is 11.5 Å². The zero-order valence-electron chi connectivity index (χ0n) is 25.2. The van der Waals surface area contributed by atoms with Crippen LogP contribution in [0.3, 0.4) is 0 Å². The zero-order chi connectivity index (χ0) is 31.2. The van der Waals surface area contributed by atoms with E-state index in [0.29, 0.717) is 50.7 Å². The van der Waals surface area contributed by atoms with Crippen molar-refractivity contribution >= 4 is 34.4 Å². The molecular weight excluding hydrogens is 592 g/mol. The van der Waals surface area contributed by atoms with Crippen LogP contribution in [0.1, 0.15) is 39.2 Å². The van der Waals surface area contributed by atoms with Crippen molar-refractivity contribution in [2.75, 3.05) is 20.7 Å². The van der Waals surface area contributed by atoms with Crippen molar-refractivity contribution in [3.63, 3.8) is 0 Å². The third-order valence-corrected chi connectivity index (χ3v) is 10.8. The Balaban J connectivity index is 1.16. The average Bonchev–Trinajstić information content (AvgIpc) is 3.53. The van der Waals surface area contributed by atoms with Crippen LogP contribution in [-0.4, -0.2) is 65.4 Å². The number of nitrogens with zero attached hydrogens (tertiary/aromatic N) is 2. The van der Waals surface area contributed by atoms with Gasteiger partial charge in [0, 0.05) is 44.6 Å². The maximum absolute atomic E-state index is 13.7. The van der Waals surface area contributed by atoms with E-state index in [1.54, 1.807) is 42.0 Å². The molecule has 0 radical (unpaired) electrons. The summed E-state index contributed by atoms with van der Waals surface area (Å²) in [5.41, 5.74) is 4.39. The molecule has 4 aliphatic rings. The number of rotatable bonds is 5. The van der Waals surface area contributed by atoms with E-state index in [1.807, 2.05) is 31.2 Å². The van der Waals surface area contributed by atoms with E-state index >= 15 is 0 Å². The van der Waals surface area contributed by atoms with Gasteiger partial charge >= 0.3 is 5.97 Å². The number of ether oxygens (including phenoxy) is 3. The first kappa shape index (κ1) is 28.4. The van der Waals surface area contributed by atoms with E-state index < -0.39 is 18.2 Å². The maximum atomic E-state index is 13.7. The summed E-state index contributed by atoms with van der Waals surface area (Å²) in [5, 5.41) is 12.3. The number of likely N-dealkylation sites (N-methyl/N-ethyl adjacent to an activating group) is 1. The number of hydrogen-bond acceptors (Lipinski definition) is 7. The first-order valence-electron chi connectivity index (χ1n) is 15.3. The lowest BCUT2D eigenvalue weighted by Gasteiger charge is -2.56. The molecule has 0 saturated carbocycles. The molecule has 3 heterocycles. The van der Waals surface area contributed by atoms with Gasteiger partial charge in [-0.25, -0.2) is 0 Å². The topological polar surface area (TPSA) is 90.2 Å². The predicted molar refractivity (Wildman–Crippen MR) is 170 cm³/mol. The number of aromatic nitrogens is 1. The number of piperidine rings is 1. The molecule has 2 aliphatic heterocycles. The first-order valence-corrected chi connectivity index (χ1v) is 15.7. The minimum Gasteiger partial charge on any atom is -0.497 e.